The van der Waals surface area contributed by atoms with E-state index in [-0.39, 0.29) is 11.7 Å². The first kappa shape index (κ1) is 16.0. The Morgan fingerprint density at radius 2 is 1.92 bits per heavy atom. The topological polar surface area (TPSA) is 75.1 Å². The molecule has 3 rings (SSSR count). The van der Waals surface area contributed by atoms with E-state index in [4.69, 9.17) is 4.42 Å². The third-order valence-electron chi connectivity index (χ3n) is 3.74. The van der Waals surface area contributed by atoms with Crippen LogP contribution in [-0.4, -0.2) is 10.9 Å². The van der Waals surface area contributed by atoms with Crippen molar-refractivity contribution in [3.63, 3.8) is 0 Å². The van der Waals surface area contributed by atoms with Gasteiger partial charge < -0.3 is 9.73 Å². The Bertz CT molecular complexity index is 897. The van der Waals surface area contributed by atoms with Crippen LogP contribution in [0.1, 0.15) is 24.8 Å². The van der Waals surface area contributed by atoms with Crippen molar-refractivity contribution in [2.24, 2.45) is 0 Å². The number of aryl methyl sites for hydroxylation is 1. The highest BCUT2D eigenvalue weighted by Crippen LogP contribution is 2.17. The summed E-state index contributed by atoms with van der Waals surface area (Å²) in [6, 6.07) is 11.4. The summed E-state index contributed by atoms with van der Waals surface area (Å²) < 4.78 is 17.8. The van der Waals surface area contributed by atoms with E-state index in [0.29, 0.717) is 23.2 Å². The molecule has 0 aliphatic heterocycles. The molecular weight excluding hydrogens is 311 g/mol. The van der Waals surface area contributed by atoms with Gasteiger partial charge in [0.25, 0.3) is 0 Å². The zero-order valence-corrected chi connectivity index (χ0v) is 13.0. The number of hydrogen-bond acceptors (Lipinski definition) is 3. The Kier molecular flexibility index (Phi) is 4.74. The van der Waals surface area contributed by atoms with E-state index < -0.39 is 5.76 Å². The average molecular weight is 328 g/mol. The fourth-order valence-electron chi connectivity index (χ4n) is 2.51. The number of carbonyl (C=O) groups excluding carboxylic acids is 1. The summed E-state index contributed by atoms with van der Waals surface area (Å²) in [6.45, 7) is 0. The highest BCUT2D eigenvalue weighted by atomic mass is 19.1. The first-order valence-electron chi connectivity index (χ1n) is 7.77. The predicted octanol–water partition coefficient (Wildman–Crippen LogP) is 3.61. The largest absolute Gasteiger partial charge is 0.417 e. The molecule has 1 aromatic heterocycles. The Morgan fingerprint density at radius 3 is 2.71 bits per heavy atom. The first-order chi connectivity index (χ1) is 11.6. The number of fused-ring (bicyclic) bond motifs is 1. The van der Waals surface area contributed by atoms with Crippen molar-refractivity contribution in [2.45, 2.75) is 25.7 Å². The number of nitrogens with one attached hydrogen (secondary N) is 2. The molecule has 1 amide bonds. The second-order valence-electron chi connectivity index (χ2n) is 5.61. The van der Waals surface area contributed by atoms with Crippen molar-refractivity contribution in [2.75, 3.05) is 5.32 Å². The Hall–Kier alpha value is -2.89. The molecule has 0 unspecified atom stereocenters. The molecule has 124 valence electrons. The van der Waals surface area contributed by atoms with Crippen LogP contribution in [0.4, 0.5) is 10.1 Å². The zero-order valence-electron chi connectivity index (χ0n) is 13.0. The van der Waals surface area contributed by atoms with Crippen molar-refractivity contribution in [1.29, 1.82) is 0 Å². The number of anilines is 1. The summed E-state index contributed by atoms with van der Waals surface area (Å²) in [5.41, 5.74) is 2.66. The van der Waals surface area contributed by atoms with Gasteiger partial charge in [-0.05, 0) is 49.1 Å². The number of benzene rings is 2. The number of unbranched alkanes of at least 4 members (excludes halogenated alkanes) is 1. The number of aromatic amines is 1. The normalized spacial score (nSPS) is 10.9. The molecule has 1 heterocycles. The molecule has 0 aliphatic rings. The summed E-state index contributed by atoms with van der Waals surface area (Å²) in [5.74, 6) is -0.853. The van der Waals surface area contributed by atoms with Crippen molar-refractivity contribution in [1.82, 2.24) is 4.98 Å². The van der Waals surface area contributed by atoms with E-state index in [1.165, 1.54) is 12.1 Å². The number of amides is 1. The highest BCUT2D eigenvalue weighted by molar-refractivity contribution is 5.92. The smallest absolute Gasteiger partial charge is 0.408 e. The molecule has 5 nitrogen and oxygen atoms in total. The lowest BCUT2D eigenvalue weighted by Gasteiger charge is -2.05. The van der Waals surface area contributed by atoms with Crippen LogP contribution in [0.2, 0.25) is 0 Å². The van der Waals surface area contributed by atoms with Gasteiger partial charge in [-0.2, -0.15) is 0 Å². The van der Waals surface area contributed by atoms with Gasteiger partial charge in [0, 0.05) is 18.2 Å². The zero-order chi connectivity index (χ0) is 16.9. The minimum atomic E-state index is -0.519. The van der Waals surface area contributed by atoms with Crippen LogP contribution in [0.25, 0.3) is 11.1 Å². The SMILES string of the molecule is O=C(CCCCc1ccc(F)cc1)Nc1ccc2[nH]c(=O)oc2c1. The number of oxazole rings is 1. The summed E-state index contributed by atoms with van der Waals surface area (Å²) >= 11 is 0. The Balaban J connectivity index is 1.46. The molecule has 0 aliphatic carbocycles. The van der Waals surface area contributed by atoms with Crippen LogP contribution in [0.15, 0.2) is 51.7 Å². The minimum absolute atomic E-state index is 0.0914. The molecule has 0 bridgehead atoms. The Labute approximate surface area is 137 Å². The van der Waals surface area contributed by atoms with Crippen LogP contribution in [0.5, 0.6) is 0 Å². The first-order valence-corrected chi connectivity index (χ1v) is 7.77. The van der Waals surface area contributed by atoms with Crippen LogP contribution >= 0.6 is 0 Å². The molecule has 6 heteroatoms. The molecule has 0 saturated carbocycles. The lowest BCUT2D eigenvalue weighted by atomic mass is 10.1. The van der Waals surface area contributed by atoms with Gasteiger partial charge in [-0.3, -0.25) is 9.78 Å². The summed E-state index contributed by atoms with van der Waals surface area (Å²) in [4.78, 5) is 25.6. The molecule has 0 fully saturated rings. The van der Waals surface area contributed by atoms with Gasteiger partial charge in [0.15, 0.2) is 5.58 Å². The summed E-state index contributed by atoms with van der Waals surface area (Å²) in [5, 5.41) is 2.79. The molecule has 0 atom stereocenters. The van der Waals surface area contributed by atoms with Crippen molar-refractivity contribution in [3.05, 3.63) is 64.4 Å². The number of carbonyl (C=O) groups is 1. The molecular formula is C18H17FN2O3. The van der Waals surface area contributed by atoms with Gasteiger partial charge in [0.05, 0.1) is 5.52 Å². The molecule has 0 radical (unpaired) electrons. The van der Waals surface area contributed by atoms with Crippen molar-refractivity contribution >= 4 is 22.7 Å². The monoisotopic (exact) mass is 328 g/mol. The quantitative estimate of drug-likeness (QED) is 0.679. The average Bonchev–Trinajstić information content (AvgIpc) is 2.92. The van der Waals surface area contributed by atoms with Gasteiger partial charge in [0.2, 0.25) is 5.91 Å². The van der Waals surface area contributed by atoms with Gasteiger partial charge >= 0.3 is 5.76 Å². The number of halogens is 1. The maximum Gasteiger partial charge on any atom is 0.417 e. The third-order valence-corrected chi connectivity index (χ3v) is 3.74. The standard InChI is InChI=1S/C18H17FN2O3/c19-13-7-5-12(6-8-13)3-1-2-4-17(22)20-14-9-10-15-16(11-14)24-18(23)21-15/h5-11H,1-4H2,(H,20,22)(H,21,23). The predicted molar refractivity (Wildman–Crippen MR) is 89.4 cm³/mol. The van der Waals surface area contributed by atoms with Gasteiger partial charge in [-0.1, -0.05) is 12.1 Å². The van der Waals surface area contributed by atoms with Crippen molar-refractivity contribution < 1.29 is 13.6 Å². The second kappa shape index (κ2) is 7.12. The second-order valence-corrected chi connectivity index (χ2v) is 5.61. The number of rotatable bonds is 6. The van der Waals surface area contributed by atoms with E-state index in [9.17, 15) is 14.0 Å². The van der Waals surface area contributed by atoms with Crippen LogP contribution < -0.4 is 11.1 Å². The number of hydrogen-bond donors (Lipinski definition) is 2. The number of H-pyrrole nitrogens is 1. The molecule has 0 spiro atoms. The fourth-order valence-corrected chi connectivity index (χ4v) is 2.51. The van der Waals surface area contributed by atoms with E-state index >= 15 is 0 Å². The van der Waals surface area contributed by atoms with E-state index in [1.54, 1.807) is 30.3 Å². The lowest BCUT2D eigenvalue weighted by Crippen LogP contribution is -2.11. The summed E-state index contributed by atoms with van der Waals surface area (Å²) in [6.07, 6.45) is 2.81. The molecule has 24 heavy (non-hydrogen) atoms. The van der Waals surface area contributed by atoms with Gasteiger partial charge in [-0.15, -0.1) is 0 Å². The Morgan fingerprint density at radius 1 is 1.12 bits per heavy atom. The summed E-state index contributed by atoms with van der Waals surface area (Å²) in [7, 11) is 0. The maximum atomic E-state index is 12.8. The molecule has 0 saturated heterocycles. The highest BCUT2D eigenvalue weighted by Gasteiger charge is 2.06. The molecule has 2 N–H and O–H groups in total. The third kappa shape index (κ3) is 4.10. The molecule has 2 aromatic carbocycles. The van der Waals surface area contributed by atoms with E-state index in [0.717, 1.165) is 24.8 Å². The van der Waals surface area contributed by atoms with Gasteiger partial charge in [0.1, 0.15) is 5.82 Å². The van der Waals surface area contributed by atoms with Crippen LogP contribution in [0, 0.1) is 5.82 Å². The lowest BCUT2D eigenvalue weighted by molar-refractivity contribution is -0.116. The minimum Gasteiger partial charge on any atom is -0.408 e. The van der Waals surface area contributed by atoms with Crippen molar-refractivity contribution in [3.8, 4) is 0 Å². The fraction of sp³-hybridized carbons (Fsp3) is 0.222. The van der Waals surface area contributed by atoms with E-state index in [2.05, 4.69) is 10.3 Å². The van der Waals surface area contributed by atoms with Crippen LogP contribution in [0.3, 0.4) is 0 Å². The molecule has 3 aromatic rings. The number of aromatic nitrogens is 1. The van der Waals surface area contributed by atoms with E-state index in [1.807, 2.05) is 0 Å². The van der Waals surface area contributed by atoms with Crippen LogP contribution in [-0.2, 0) is 11.2 Å². The maximum absolute atomic E-state index is 12.8. The van der Waals surface area contributed by atoms with Gasteiger partial charge in [-0.25, -0.2) is 9.18 Å².